The molecular formula is C8H9NO2. The minimum Gasteiger partial charge on any atom is -0.395 e. The Kier molecular flexibility index (Phi) is 1.64. The zero-order chi connectivity index (χ0) is 8.59. The van der Waals surface area contributed by atoms with Crippen molar-refractivity contribution in [2.24, 2.45) is 5.73 Å². The highest BCUT2D eigenvalue weighted by Gasteiger charge is 2.20. The Morgan fingerprint density at radius 2 is 1.73 bits per heavy atom. The fourth-order valence-corrected chi connectivity index (χ4v) is 0.887. The molecule has 0 fully saturated rings. The summed E-state index contributed by atoms with van der Waals surface area (Å²) in [7, 11) is 0. The van der Waals surface area contributed by atoms with Crippen LogP contribution in [0, 0.1) is 0 Å². The number of rotatable bonds is 0. The van der Waals surface area contributed by atoms with Crippen LogP contribution < -0.4 is 5.73 Å². The topological polar surface area (TPSA) is 60.2 Å². The van der Waals surface area contributed by atoms with Gasteiger partial charge in [-0.2, -0.15) is 0 Å². The Balaban J connectivity index is 3.19. The maximum atomic E-state index is 11.1. The summed E-state index contributed by atoms with van der Waals surface area (Å²) in [6, 6.07) is 0. The van der Waals surface area contributed by atoms with Crippen molar-refractivity contribution in [3.63, 3.8) is 0 Å². The van der Waals surface area contributed by atoms with Crippen LogP contribution in [0.5, 0.6) is 0 Å². The summed E-state index contributed by atoms with van der Waals surface area (Å²) in [5.74, 6) is -0.401. The molecule has 0 aromatic carbocycles. The van der Waals surface area contributed by atoms with E-state index in [1.54, 1.807) is 13.8 Å². The molecule has 1 rings (SSSR count). The molecule has 0 aromatic heterocycles. The lowest BCUT2D eigenvalue weighted by molar-refractivity contribution is -0.115. The SMILES string of the molecule is CC1=C(C)C(=O)C(N)=CC1=O. The van der Waals surface area contributed by atoms with Gasteiger partial charge in [0.1, 0.15) is 0 Å². The molecule has 3 nitrogen and oxygen atoms in total. The zero-order valence-electron chi connectivity index (χ0n) is 6.47. The van der Waals surface area contributed by atoms with Gasteiger partial charge in [0.25, 0.3) is 0 Å². The Morgan fingerprint density at radius 1 is 1.18 bits per heavy atom. The summed E-state index contributed by atoms with van der Waals surface area (Å²) in [6.07, 6.45) is 1.17. The molecule has 1 aliphatic carbocycles. The molecule has 0 radical (unpaired) electrons. The molecule has 0 bridgehead atoms. The van der Waals surface area contributed by atoms with Crippen LogP contribution in [0.3, 0.4) is 0 Å². The molecule has 0 saturated heterocycles. The van der Waals surface area contributed by atoms with Crippen molar-refractivity contribution in [1.29, 1.82) is 0 Å². The fraction of sp³-hybridized carbons (Fsp3) is 0.250. The number of carbonyl (C=O) groups excluding carboxylic acids is 2. The van der Waals surface area contributed by atoms with Gasteiger partial charge in [0, 0.05) is 17.2 Å². The van der Waals surface area contributed by atoms with Gasteiger partial charge in [0.15, 0.2) is 5.78 Å². The van der Waals surface area contributed by atoms with E-state index < -0.39 is 0 Å². The van der Waals surface area contributed by atoms with Gasteiger partial charge in [-0.3, -0.25) is 9.59 Å². The van der Waals surface area contributed by atoms with E-state index in [4.69, 9.17) is 5.73 Å². The van der Waals surface area contributed by atoms with E-state index in [0.717, 1.165) is 0 Å². The third-order valence-electron chi connectivity index (χ3n) is 1.82. The van der Waals surface area contributed by atoms with E-state index in [9.17, 15) is 9.59 Å². The predicted octanol–water partition coefficient (Wildman–Crippen LogP) is 0.317. The van der Waals surface area contributed by atoms with Gasteiger partial charge in [0.2, 0.25) is 5.78 Å². The molecule has 1 aliphatic rings. The first-order chi connectivity index (χ1) is 5.04. The van der Waals surface area contributed by atoms with Crippen LogP contribution >= 0.6 is 0 Å². The minimum absolute atomic E-state index is 0.0399. The van der Waals surface area contributed by atoms with E-state index in [-0.39, 0.29) is 17.3 Å². The van der Waals surface area contributed by atoms with Crippen LogP contribution in [-0.4, -0.2) is 11.6 Å². The zero-order valence-corrected chi connectivity index (χ0v) is 6.47. The molecule has 0 saturated carbocycles. The number of allylic oxidation sites excluding steroid dienone is 3. The lowest BCUT2D eigenvalue weighted by atomic mass is 9.95. The van der Waals surface area contributed by atoms with Crippen LogP contribution in [0.15, 0.2) is 22.9 Å². The van der Waals surface area contributed by atoms with Crippen LogP contribution in [0.1, 0.15) is 13.8 Å². The van der Waals surface area contributed by atoms with Gasteiger partial charge in [-0.05, 0) is 13.8 Å². The molecule has 11 heavy (non-hydrogen) atoms. The average Bonchev–Trinajstić information content (AvgIpc) is 1.97. The summed E-state index contributed by atoms with van der Waals surface area (Å²) >= 11 is 0. The van der Waals surface area contributed by atoms with E-state index in [1.807, 2.05) is 0 Å². The number of Topliss-reactive ketones (excluding diaryl/α,β-unsaturated/α-hetero) is 1. The quantitative estimate of drug-likeness (QED) is 0.507. The largest absolute Gasteiger partial charge is 0.395 e. The van der Waals surface area contributed by atoms with E-state index in [1.165, 1.54) is 6.08 Å². The second-order valence-electron chi connectivity index (χ2n) is 2.54. The first-order valence-electron chi connectivity index (χ1n) is 3.27. The number of ketones is 2. The third kappa shape index (κ3) is 1.09. The monoisotopic (exact) mass is 151 g/mol. The van der Waals surface area contributed by atoms with Gasteiger partial charge >= 0.3 is 0 Å². The summed E-state index contributed by atoms with van der Waals surface area (Å²) in [4.78, 5) is 22.1. The molecule has 0 amide bonds. The van der Waals surface area contributed by atoms with Crippen molar-refractivity contribution in [1.82, 2.24) is 0 Å². The Hall–Kier alpha value is -1.38. The van der Waals surface area contributed by atoms with Crippen LogP contribution in [0.25, 0.3) is 0 Å². The molecule has 0 heterocycles. The lowest BCUT2D eigenvalue weighted by Gasteiger charge is -2.09. The van der Waals surface area contributed by atoms with Crippen molar-refractivity contribution in [2.45, 2.75) is 13.8 Å². The second kappa shape index (κ2) is 2.34. The number of hydrogen-bond acceptors (Lipinski definition) is 3. The number of nitrogens with two attached hydrogens (primary N) is 1. The van der Waals surface area contributed by atoms with Crippen LogP contribution in [0.2, 0.25) is 0 Å². The van der Waals surface area contributed by atoms with Crippen LogP contribution in [-0.2, 0) is 9.59 Å². The predicted molar refractivity (Wildman–Crippen MR) is 40.7 cm³/mol. The summed E-state index contributed by atoms with van der Waals surface area (Å²) in [6.45, 7) is 3.23. The average molecular weight is 151 g/mol. The summed E-state index contributed by atoms with van der Waals surface area (Å²) < 4.78 is 0. The first-order valence-corrected chi connectivity index (χ1v) is 3.27. The minimum atomic E-state index is -0.234. The first kappa shape index (κ1) is 7.72. The highest BCUT2D eigenvalue weighted by Crippen LogP contribution is 2.14. The highest BCUT2D eigenvalue weighted by molar-refractivity contribution is 6.21. The van der Waals surface area contributed by atoms with Crippen molar-refractivity contribution in [3.05, 3.63) is 22.9 Å². The molecule has 0 atom stereocenters. The van der Waals surface area contributed by atoms with Gasteiger partial charge < -0.3 is 5.73 Å². The highest BCUT2D eigenvalue weighted by atomic mass is 16.1. The van der Waals surface area contributed by atoms with Gasteiger partial charge in [0.05, 0.1) is 5.70 Å². The molecule has 0 unspecified atom stereocenters. The summed E-state index contributed by atoms with van der Waals surface area (Å²) in [5.41, 5.74) is 6.26. The summed E-state index contributed by atoms with van der Waals surface area (Å²) in [5, 5.41) is 0. The maximum Gasteiger partial charge on any atom is 0.204 e. The maximum absolute atomic E-state index is 11.1. The lowest BCUT2D eigenvalue weighted by Crippen LogP contribution is -2.21. The molecular weight excluding hydrogens is 142 g/mol. The van der Waals surface area contributed by atoms with E-state index >= 15 is 0 Å². The molecule has 3 heteroatoms. The molecule has 2 N–H and O–H groups in total. The van der Waals surface area contributed by atoms with Gasteiger partial charge in [-0.25, -0.2) is 0 Å². The second-order valence-corrected chi connectivity index (χ2v) is 2.54. The number of carbonyl (C=O) groups is 2. The van der Waals surface area contributed by atoms with E-state index in [0.29, 0.717) is 11.1 Å². The van der Waals surface area contributed by atoms with E-state index in [2.05, 4.69) is 0 Å². The fourth-order valence-electron chi connectivity index (χ4n) is 0.887. The van der Waals surface area contributed by atoms with Crippen molar-refractivity contribution < 1.29 is 9.59 Å². The van der Waals surface area contributed by atoms with Gasteiger partial charge in [-0.15, -0.1) is 0 Å². The molecule has 0 aromatic rings. The molecule has 0 spiro atoms. The van der Waals surface area contributed by atoms with Crippen molar-refractivity contribution in [2.75, 3.05) is 0 Å². The molecule has 0 aliphatic heterocycles. The van der Waals surface area contributed by atoms with Crippen LogP contribution in [0.4, 0.5) is 0 Å². The number of hydrogen-bond donors (Lipinski definition) is 1. The Bertz CT molecular complexity index is 297. The standard InChI is InChI=1S/C8H9NO2/c1-4-5(2)8(11)6(9)3-7(4)10/h3H,9H2,1-2H3. The smallest absolute Gasteiger partial charge is 0.204 e. The van der Waals surface area contributed by atoms with Gasteiger partial charge in [-0.1, -0.05) is 0 Å². The molecule has 58 valence electrons. The van der Waals surface area contributed by atoms with Crippen molar-refractivity contribution in [3.8, 4) is 0 Å². The normalized spacial score (nSPS) is 18.9. The third-order valence-corrected chi connectivity index (χ3v) is 1.82. The Morgan fingerprint density at radius 3 is 2.27 bits per heavy atom. The Labute approximate surface area is 64.6 Å². The van der Waals surface area contributed by atoms with Crippen molar-refractivity contribution >= 4 is 11.6 Å².